The lowest BCUT2D eigenvalue weighted by molar-refractivity contribution is 0.271. The summed E-state index contributed by atoms with van der Waals surface area (Å²) in [6.45, 7) is 0. The van der Waals surface area contributed by atoms with E-state index >= 15 is 0 Å². The summed E-state index contributed by atoms with van der Waals surface area (Å²) < 4.78 is 28.0. The topological polar surface area (TPSA) is 81.0 Å². The van der Waals surface area contributed by atoms with Crippen LogP contribution in [-0.2, 0) is 10.0 Å². The van der Waals surface area contributed by atoms with Crippen molar-refractivity contribution >= 4 is 15.8 Å². The van der Waals surface area contributed by atoms with Crippen LogP contribution in [-0.4, -0.2) is 35.2 Å². The van der Waals surface area contributed by atoms with Crippen LogP contribution < -0.4 is 4.31 Å². The molecule has 1 aliphatic rings. The lowest BCUT2D eigenvalue weighted by Crippen LogP contribution is -2.31. The number of hydrogen-bond donors (Lipinski definition) is 0. The van der Waals surface area contributed by atoms with Crippen molar-refractivity contribution in [3.8, 4) is 0 Å². The predicted octanol–water partition coefficient (Wildman–Crippen LogP) is 1.22. The van der Waals surface area contributed by atoms with Crippen molar-refractivity contribution in [1.82, 2.24) is 19.7 Å². The molecule has 106 valence electrons. The molecule has 0 unspecified atom stereocenters. The fourth-order valence-corrected chi connectivity index (χ4v) is 3.42. The first kappa shape index (κ1) is 13.0. The maximum Gasteiger partial charge on any atom is 0.282 e. The lowest BCUT2D eigenvalue weighted by atomic mass is 9.93. The van der Waals surface area contributed by atoms with Crippen LogP contribution in [0.5, 0.6) is 0 Å². The van der Waals surface area contributed by atoms with Crippen molar-refractivity contribution in [3.05, 3.63) is 30.9 Å². The summed E-state index contributed by atoms with van der Waals surface area (Å²) in [6.07, 6.45) is 8.96. The molecule has 0 saturated heterocycles. The van der Waals surface area contributed by atoms with E-state index in [2.05, 4.69) is 15.1 Å². The molecule has 0 N–H and O–H groups in total. The summed E-state index contributed by atoms with van der Waals surface area (Å²) in [5.41, 5.74) is 0. The van der Waals surface area contributed by atoms with Crippen LogP contribution in [0.3, 0.4) is 0 Å². The summed E-state index contributed by atoms with van der Waals surface area (Å²) >= 11 is 0. The van der Waals surface area contributed by atoms with E-state index in [1.165, 1.54) is 37.9 Å². The molecule has 0 atom stereocenters. The minimum atomic E-state index is -3.67. The van der Waals surface area contributed by atoms with Gasteiger partial charge < -0.3 is 0 Å². The second kappa shape index (κ2) is 4.86. The minimum Gasteiger partial charge on any atom is -0.259 e. The first-order valence-electron chi connectivity index (χ1n) is 6.39. The fraction of sp³-hybridized carbons (Fsp3) is 0.417. The molecule has 1 saturated carbocycles. The van der Waals surface area contributed by atoms with E-state index in [0.29, 0.717) is 0 Å². The van der Waals surface area contributed by atoms with E-state index in [-0.39, 0.29) is 16.9 Å². The summed E-state index contributed by atoms with van der Waals surface area (Å²) in [5, 5.41) is 4.36. The van der Waals surface area contributed by atoms with Crippen LogP contribution >= 0.6 is 0 Å². The Bertz CT molecular complexity index is 694. The van der Waals surface area contributed by atoms with Crippen molar-refractivity contribution in [2.75, 3.05) is 11.4 Å². The summed E-state index contributed by atoms with van der Waals surface area (Å²) in [4.78, 5) is 7.91. The molecule has 0 aromatic carbocycles. The summed E-state index contributed by atoms with van der Waals surface area (Å²) in [7, 11) is -2.20. The molecule has 2 aromatic rings. The number of rotatable bonds is 4. The third-order valence-electron chi connectivity index (χ3n) is 3.55. The van der Waals surface area contributed by atoms with Gasteiger partial charge in [0, 0.05) is 19.4 Å². The van der Waals surface area contributed by atoms with E-state index in [0.717, 1.165) is 23.6 Å². The monoisotopic (exact) mass is 293 g/mol. The summed E-state index contributed by atoms with van der Waals surface area (Å²) in [5.74, 6) is 0.286. The minimum absolute atomic E-state index is 0.185. The molecular weight excluding hydrogens is 278 g/mol. The molecule has 1 aliphatic carbocycles. The Morgan fingerprint density at radius 1 is 1.30 bits per heavy atom. The van der Waals surface area contributed by atoms with Crippen LogP contribution in [0.4, 0.5) is 5.82 Å². The van der Waals surface area contributed by atoms with Gasteiger partial charge in [-0.15, -0.1) is 0 Å². The first-order chi connectivity index (χ1) is 9.60. The van der Waals surface area contributed by atoms with E-state index < -0.39 is 10.0 Å². The Morgan fingerprint density at radius 2 is 2.10 bits per heavy atom. The molecule has 7 nitrogen and oxygen atoms in total. The number of nitrogens with zero attached hydrogens (tertiary/aromatic N) is 5. The highest BCUT2D eigenvalue weighted by Gasteiger charge is 2.31. The SMILES string of the molecule is CN(c1cnccn1)S(=O)(=O)c1ccnn1C1CCC1. The van der Waals surface area contributed by atoms with Crippen LogP contribution in [0.25, 0.3) is 0 Å². The molecule has 2 heterocycles. The average Bonchev–Trinajstić information content (AvgIpc) is 2.86. The highest BCUT2D eigenvalue weighted by atomic mass is 32.2. The molecule has 0 amide bonds. The molecule has 20 heavy (non-hydrogen) atoms. The third-order valence-corrected chi connectivity index (χ3v) is 5.31. The first-order valence-corrected chi connectivity index (χ1v) is 7.83. The summed E-state index contributed by atoms with van der Waals surface area (Å²) in [6, 6.07) is 1.71. The molecule has 1 fully saturated rings. The Balaban J connectivity index is 1.98. The number of hydrogen-bond acceptors (Lipinski definition) is 5. The molecule has 0 aliphatic heterocycles. The highest BCUT2D eigenvalue weighted by Crippen LogP contribution is 2.33. The number of aromatic nitrogens is 4. The standard InChI is InChI=1S/C12H15N5O2S/c1-16(11-9-13-7-8-14-11)20(18,19)12-5-6-15-17(12)10-3-2-4-10/h5-10H,2-4H2,1H3. The Hall–Kier alpha value is -1.96. The van der Waals surface area contributed by atoms with Crippen LogP contribution in [0.1, 0.15) is 25.3 Å². The molecule has 3 rings (SSSR count). The van der Waals surface area contributed by atoms with E-state index in [1.54, 1.807) is 4.68 Å². The van der Waals surface area contributed by atoms with Gasteiger partial charge in [-0.05, 0) is 25.3 Å². The van der Waals surface area contributed by atoms with Gasteiger partial charge in [0.1, 0.15) is 0 Å². The van der Waals surface area contributed by atoms with Gasteiger partial charge >= 0.3 is 0 Å². The second-order valence-electron chi connectivity index (χ2n) is 4.73. The van der Waals surface area contributed by atoms with Crippen LogP contribution in [0, 0.1) is 0 Å². The zero-order chi connectivity index (χ0) is 14.2. The molecule has 0 bridgehead atoms. The van der Waals surface area contributed by atoms with Gasteiger partial charge in [-0.2, -0.15) is 13.5 Å². The van der Waals surface area contributed by atoms with Gasteiger partial charge in [0.05, 0.1) is 18.4 Å². The van der Waals surface area contributed by atoms with Crippen LogP contribution in [0.15, 0.2) is 35.9 Å². The van der Waals surface area contributed by atoms with Crippen molar-refractivity contribution in [2.24, 2.45) is 0 Å². The fourth-order valence-electron chi connectivity index (χ4n) is 2.13. The van der Waals surface area contributed by atoms with E-state index in [4.69, 9.17) is 0 Å². The van der Waals surface area contributed by atoms with Crippen molar-refractivity contribution < 1.29 is 8.42 Å². The van der Waals surface area contributed by atoms with Crippen LogP contribution in [0.2, 0.25) is 0 Å². The van der Waals surface area contributed by atoms with Gasteiger partial charge in [-0.1, -0.05) is 0 Å². The molecule has 2 aromatic heterocycles. The highest BCUT2D eigenvalue weighted by molar-refractivity contribution is 7.92. The Labute approximate surface area is 117 Å². The predicted molar refractivity (Wildman–Crippen MR) is 72.7 cm³/mol. The average molecular weight is 293 g/mol. The Kier molecular flexibility index (Phi) is 3.17. The Morgan fingerprint density at radius 3 is 2.70 bits per heavy atom. The third kappa shape index (κ3) is 2.05. The van der Waals surface area contributed by atoms with E-state index in [1.807, 2.05) is 0 Å². The second-order valence-corrected chi connectivity index (χ2v) is 6.65. The van der Waals surface area contributed by atoms with Gasteiger partial charge in [-0.25, -0.2) is 9.67 Å². The number of anilines is 1. The zero-order valence-electron chi connectivity index (χ0n) is 11.0. The van der Waals surface area contributed by atoms with Gasteiger partial charge in [0.25, 0.3) is 10.0 Å². The smallest absolute Gasteiger partial charge is 0.259 e. The quantitative estimate of drug-likeness (QED) is 0.846. The maximum absolute atomic E-state index is 12.7. The van der Waals surface area contributed by atoms with E-state index in [9.17, 15) is 8.42 Å². The van der Waals surface area contributed by atoms with Gasteiger partial charge in [0.2, 0.25) is 0 Å². The van der Waals surface area contributed by atoms with Gasteiger partial charge in [0.15, 0.2) is 10.8 Å². The van der Waals surface area contributed by atoms with Crippen molar-refractivity contribution in [3.63, 3.8) is 0 Å². The van der Waals surface area contributed by atoms with Crippen molar-refractivity contribution in [2.45, 2.75) is 30.3 Å². The normalized spacial score (nSPS) is 15.8. The largest absolute Gasteiger partial charge is 0.282 e. The van der Waals surface area contributed by atoms with Crippen molar-refractivity contribution in [1.29, 1.82) is 0 Å². The molecule has 8 heteroatoms. The van der Waals surface area contributed by atoms with Gasteiger partial charge in [-0.3, -0.25) is 9.29 Å². The molecular formula is C12H15N5O2S. The number of sulfonamides is 1. The lowest BCUT2D eigenvalue weighted by Gasteiger charge is -2.28. The molecule has 0 spiro atoms. The zero-order valence-corrected chi connectivity index (χ0v) is 11.9. The maximum atomic E-state index is 12.7. The molecule has 0 radical (unpaired) electrons.